The van der Waals surface area contributed by atoms with E-state index in [0.29, 0.717) is 11.1 Å². The number of halogens is 1. The summed E-state index contributed by atoms with van der Waals surface area (Å²) in [6.45, 7) is 1.11. The molecule has 1 fully saturated rings. The maximum absolute atomic E-state index is 6.26. The van der Waals surface area contributed by atoms with Crippen LogP contribution in [0.15, 0.2) is 18.5 Å². The third-order valence-electron chi connectivity index (χ3n) is 3.01. The van der Waals surface area contributed by atoms with E-state index in [0.717, 1.165) is 24.3 Å². The fourth-order valence-corrected chi connectivity index (χ4v) is 2.45. The van der Waals surface area contributed by atoms with Crippen molar-refractivity contribution < 1.29 is 0 Å². The molecule has 0 saturated carbocycles. The molecule has 1 unspecified atom stereocenters. The molecule has 0 amide bonds. The number of hydrogen-bond donors (Lipinski definition) is 1. The van der Waals surface area contributed by atoms with Crippen LogP contribution in [0.25, 0.3) is 5.65 Å². The van der Waals surface area contributed by atoms with Gasteiger partial charge in [-0.3, -0.25) is 0 Å². The summed E-state index contributed by atoms with van der Waals surface area (Å²) in [4.78, 5) is 4.22. The summed E-state index contributed by atoms with van der Waals surface area (Å²) in [6, 6.07) is 2.37. The third kappa shape index (κ3) is 1.68. The third-order valence-corrected chi connectivity index (χ3v) is 3.39. The van der Waals surface area contributed by atoms with Gasteiger partial charge in [-0.25, -0.2) is 9.50 Å². The van der Waals surface area contributed by atoms with Crippen molar-refractivity contribution >= 4 is 17.2 Å². The van der Waals surface area contributed by atoms with Gasteiger partial charge >= 0.3 is 0 Å². The van der Waals surface area contributed by atoms with Gasteiger partial charge in [0, 0.05) is 24.9 Å². The topological polar surface area (TPSA) is 42.2 Å². The Bertz CT molecular complexity index is 502. The average molecular weight is 237 g/mol. The van der Waals surface area contributed by atoms with Crippen LogP contribution < -0.4 is 5.32 Å². The molecule has 3 rings (SSSR count). The summed E-state index contributed by atoms with van der Waals surface area (Å²) in [6.07, 6.45) is 6.95. The predicted molar refractivity (Wildman–Crippen MR) is 62.7 cm³/mol. The van der Waals surface area contributed by atoms with Gasteiger partial charge in [0.2, 0.25) is 0 Å². The van der Waals surface area contributed by atoms with Crippen molar-refractivity contribution in [3.63, 3.8) is 0 Å². The van der Waals surface area contributed by atoms with Gasteiger partial charge < -0.3 is 5.32 Å². The first-order chi connectivity index (χ1) is 7.84. The normalized spacial score (nSPS) is 20.7. The van der Waals surface area contributed by atoms with Crippen molar-refractivity contribution in [2.75, 3.05) is 6.54 Å². The lowest BCUT2D eigenvalue weighted by Gasteiger charge is -2.06. The average Bonchev–Trinajstić information content (AvgIpc) is 2.90. The maximum atomic E-state index is 6.26. The Hall–Kier alpha value is -1.13. The Labute approximate surface area is 98.6 Å². The Balaban J connectivity index is 1.94. The van der Waals surface area contributed by atoms with Crippen molar-refractivity contribution in [3.8, 4) is 0 Å². The first-order valence-electron chi connectivity index (χ1n) is 5.56. The highest BCUT2D eigenvalue weighted by Crippen LogP contribution is 2.22. The van der Waals surface area contributed by atoms with Crippen LogP contribution in [0.1, 0.15) is 18.5 Å². The molecule has 16 heavy (non-hydrogen) atoms. The highest BCUT2D eigenvalue weighted by atomic mass is 35.5. The highest BCUT2D eigenvalue weighted by Gasteiger charge is 2.19. The molecule has 0 spiro atoms. The van der Waals surface area contributed by atoms with Crippen LogP contribution >= 0.6 is 11.6 Å². The molecule has 0 aromatic carbocycles. The first-order valence-corrected chi connectivity index (χ1v) is 5.93. The lowest BCUT2D eigenvalue weighted by atomic mass is 10.1. The summed E-state index contributed by atoms with van der Waals surface area (Å²) in [7, 11) is 0. The lowest BCUT2D eigenvalue weighted by molar-refractivity contribution is 0.592. The summed E-state index contributed by atoms with van der Waals surface area (Å²) in [5.41, 5.74) is 1.69. The summed E-state index contributed by atoms with van der Waals surface area (Å²) < 4.78 is 1.74. The number of nitrogens with zero attached hydrogens (tertiary/aromatic N) is 3. The summed E-state index contributed by atoms with van der Waals surface area (Å²) in [5.74, 6) is 0. The zero-order valence-corrected chi connectivity index (χ0v) is 9.61. The molecule has 5 heteroatoms. The van der Waals surface area contributed by atoms with Gasteiger partial charge in [-0.2, -0.15) is 5.10 Å². The molecule has 3 heterocycles. The fraction of sp³-hybridized carbons (Fsp3) is 0.455. The molecule has 84 valence electrons. The maximum Gasteiger partial charge on any atom is 0.174 e. The van der Waals surface area contributed by atoms with E-state index in [1.165, 1.54) is 12.8 Å². The van der Waals surface area contributed by atoms with E-state index in [1.807, 2.05) is 12.3 Å². The minimum atomic E-state index is 0.516. The molecule has 0 radical (unpaired) electrons. The first kappa shape index (κ1) is 10.1. The highest BCUT2D eigenvalue weighted by molar-refractivity contribution is 6.34. The van der Waals surface area contributed by atoms with E-state index >= 15 is 0 Å². The molecule has 2 aromatic rings. The molecular weight excluding hydrogens is 224 g/mol. The van der Waals surface area contributed by atoms with Crippen molar-refractivity contribution in [3.05, 3.63) is 29.2 Å². The van der Waals surface area contributed by atoms with Crippen molar-refractivity contribution in [1.29, 1.82) is 0 Å². The molecular formula is C11H13ClN4. The zero-order chi connectivity index (χ0) is 11.0. The smallest absolute Gasteiger partial charge is 0.174 e. The van der Waals surface area contributed by atoms with E-state index in [-0.39, 0.29) is 0 Å². The molecule has 1 saturated heterocycles. The van der Waals surface area contributed by atoms with E-state index < -0.39 is 0 Å². The van der Waals surface area contributed by atoms with Gasteiger partial charge in [-0.05, 0) is 25.5 Å². The van der Waals surface area contributed by atoms with Crippen LogP contribution in [0.5, 0.6) is 0 Å². The van der Waals surface area contributed by atoms with E-state index in [2.05, 4.69) is 15.4 Å². The quantitative estimate of drug-likeness (QED) is 0.863. The number of hydrogen-bond acceptors (Lipinski definition) is 3. The molecule has 0 bridgehead atoms. The van der Waals surface area contributed by atoms with Gasteiger partial charge in [-0.15, -0.1) is 0 Å². The zero-order valence-electron chi connectivity index (χ0n) is 8.86. The minimum absolute atomic E-state index is 0.516. The lowest BCUT2D eigenvalue weighted by Crippen LogP contribution is -2.23. The largest absolute Gasteiger partial charge is 0.314 e. The Morgan fingerprint density at radius 1 is 1.56 bits per heavy atom. The van der Waals surface area contributed by atoms with Gasteiger partial charge in [0.05, 0.1) is 5.69 Å². The second-order valence-electron chi connectivity index (χ2n) is 4.15. The van der Waals surface area contributed by atoms with Gasteiger partial charge in [0.1, 0.15) is 5.02 Å². The van der Waals surface area contributed by atoms with Crippen LogP contribution in [0.4, 0.5) is 0 Å². The van der Waals surface area contributed by atoms with Gasteiger partial charge in [-0.1, -0.05) is 11.6 Å². The molecule has 4 nitrogen and oxygen atoms in total. The fourth-order valence-electron chi connectivity index (χ4n) is 2.20. The Kier molecular flexibility index (Phi) is 2.53. The van der Waals surface area contributed by atoms with Crippen LogP contribution in [0, 0.1) is 0 Å². The van der Waals surface area contributed by atoms with E-state index in [1.54, 1.807) is 10.7 Å². The second-order valence-corrected chi connectivity index (χ2v) is 4.52. The Morgan fingerprint density at radius 3 is 3.25 bits per heavy atom. The standard InChI is InChI=1S/C11H13ClN4/c12-10-9(7-8-3-1-4-13-8)15-16-6-2-5-14-11(10)16/h2,5-6,8,13H,1,3-4,7H2. The van der Waals surface area contributed by atoms with Crippen LogP contribution in [-0.2, 0) is 6.42 Å². The number of aromatic nitrogens is 3. The molecule has 1 N–H and O–H groups in total. The number of nitrogens with one attached hydrogen (secondary N) is 1. The number of rotatable bonds is 2. The molecule has 1 aliphatic heterocycles. The van der Waals surface area contributed by atoms with Crippen LogP contribution in [0.2, 0.25) is 5.02 Å². The van der Waals surface area contributed by atoms with Crippen LogP contribution in [0.3, 0.4) is 0 Å². The van der Waals surface area contributed by atoms with Crippen LogP contribution in [-0.4, -0.2) is 27.2 Å². The number of fused-ring (bicyclic) bond motifs is 1. The molecule has 1 atom stereocenters. The van der Waals surface area contributed by atoms with Gasteiger partial charge in [0.15, 0.2) is 5.65 Å². The van der Waals surface area contributed by atoms with Crippen molar-refractivity contribution in [2.45, 2.75) is 25.3 Å². The van der Waals surface area contributed by atoms with E-state index in [9.17, 15) is 0 Å². The van der Waals surface area contributed by atoms with Crippen molar-refractivity contribution in [2.24, 2.45) is 0 Å². The van der Waals surface area contributed by atoms with Crippen molar-refractivity contribution in [1.82, 2.24) is 19.9 Å². The molecule has 1 aliphatic rings. The summed E-state index contributed by atoms with van der Waals surface area (Å²) >= 11 is 6.26. The molecule has 2 aromatic heterocycles. The summed E-state index contributed by atoms with van der Waals surface area (Å²) in [5, 5.41) is 8.60. The Morgan fingerprint density at radius 2 is 2.50 bits per heavy atom. The SMILES string of the molecule is Clc1c(CC2CCCN2)nn2cccnc12. The van der Waals surface area contributed by atoms with Gasteiger partial charge in [0.25, 0.3) is 0 Å². The van der Waals surface area contributed by atoms with E-state index in [4.69, 9.17) is 11.6 Å². The monoisotopic (exact) mass is 236 g/mol. The minimum Gasteiger partial charge on any atom is -0.314 e. The molecule has 0 aliphatic carbocycles. The predicted octanol–water partition coefficient (Wildman–Crippen LogP) is 1.68. The second kappa shape index (κ2) is 4.03.